The maximum absolute atomic E-state index is 12.6. The molecule has 0 aromatic carbocycles. The van der Waals surface area contributed by atoms with Gasteiger partial charge in [0.15, 0.2) is 0 Å². The molecule has 0 spiro atoms. The Bertz CT molecular complexity index is 614. The fourth-order valence-electron chi connectivity index (χ4n) is 4.66. The van der Waals surface area contributed by atoms with E-state index in [0.717, 1.165) is 63.5 Å². The molecule has 1 atom stereocenters. The summed E-state index contributed by atoms with van der Waals surface area (Å²) in [7, 11) is 0. The van der Waals surface area contributed by atoms with Crippen molar-refractivity contribution in [3.63, 3.8) is 0 Å². The van der Waals surface area contributed by atoms with Crippen LogP contribution < -0.4 is 0 Å². The number of aliphatic hydroxyl groups excluding tert-OH is 1. The van der Waals surface area contributed by atoms with E-state index < -0.39 is 0 Å². The molecule has 1 amide bonds. The van der Waals surface area contributed by atoms with Crippen molar-refractivity contribution in [1.82, 2.24) is 19.7 Å². The second-order valence-electron chi connectivity index (χ2n) is 8.36. The van der Waals surface area contributed by atoms with Crippen LogP contribution in [0.3, 0.4) is 0 Å². The summed E-state index contributed by atoms with van der Waals surface area (Å²) in [6.45, 7) is 6.47. The molecule has 1 N–H and O–H groups in total. The standard InChI is InChI=1S/C21H32N4O2/c26-14-7-20-16-25(13-12-24(20)15-17-1-2-17)19-5-10-23(11-6-19)21(27)18-3-8-22-9-4-18/h3-4,8-9,17,19-20,26H,1-2,5-7,10-16H2. The summed E-state index contributed by atoms with van der Waals surface area (Å²) in [5.74, 6) is 1.03. The highest BCUT2D eigenvalue weighted by atomic mass is 16.3. The normalized spacial score (nSPS) is 25.7. The van der Waals surface area contributed by atoms with Gasteiger partial charge < -0.3 is 10.0 Å². The molecule has 6 nitrogen and oxygen atoms in total. The number of piperidine rings is 1. The van der Waals surface area contributed by atoms with Crippen molar-refractivity contribution >= 4 is 5.91 Å². The van der Waals surface area contributed by atoms with E-state index in [4.69, 9.17) is 0 Å². The first kappa shape index (κ1) is 18.8. The maximum atomic E-state index is 12.6. The van der Waals surface area contributed by atoms with E-state index in [0.29, 0.717) is 12.1 Å². The van der Waals surface area contributed by atoms with Crippen molar-refractivity contribution in [1.29, 1.82) is 0 Å². The molecule has 6 heteroatoms. The Morgan fingerprint density at radius 3 is 2.48 bits per heavy atom. The maximum Gasteiger partial charge on any atom is 0.253 e. The number of hydrogen-bond donors (Lipinski definition) is 1. The number of carbonyl (C=O) groups excluding carboxylic acids is 1. The van der Waals surface area contributed by atoms with E-state index in [1.165, 1.54) is 19.4 Å². The fraction of sp³-hybridized carbons (Fsp3) is 0.714. The Morgan fingerprint density at radius 1 is 1.07 bits per heavy atom. The number of likely N-dealkylation sites (tertiary alicyclic amines) is 1. The Labute approximate surface area is 162 Å². The van der Waals surface area contributed by atoms with Gasteiger partial charge in [0.25, 0.3) is 5.91 Å². The number of aliphatic hydroxyl groups is 1. The third kappa shape index (κ3) is 4.68. The van der Waals surface area contributed by atoms with Gasteiger partial charge in [-0.2, -0.15) is 0 Å². The molecule has 2 aliphatic heterocycles. The predicted octanol–water partition coefficient (Wildman–Crippen LogP) is 1.46. The molecule has 3 aliphatic rings. The highest BCUT2D eigenvalue weighted by molar-refractivity contribution is 5.94. The van der Waals surface area contributed by atoms with Crippen LogP contribution in [-0.2, 0) is 0 Å². The Morgan fingerprint density at radius 2 is 1.81 bits per heavy atom. The van der Waals surface area contributed by atoms with Crippen LogP contribution in [0.25, 0.3) is 0 Å². The molecule has 148 valence electrons. The minimum atomic E-state index is 0.128. The topological polar surface area (TPSA) is 59.9 Å². The van der Waals surface area contributed by atoms with E-state index in [-0.39, 0.29) is 12.5 Å². The predicted molar refractivity (Wildman–Crippen MR) is 105 cm³/mol. The lowest BCUT2D eigenvalue weighted by Crippen LogP contribution is -2.58. The van der Waals surface area contributed by atoms with Crippen LogP contribution in [0.2, 0.25) is 0 Å². The number of aromatic nitrogens is 1. The van der Waals surface area contributed by atoms with Crippen molar-refractivity contribution in [2.75, 3.05) is 45.9 Å². The van der Waals surface area contributed by atoms with Gasteiger partial charge in [-0.3, -0.25) is 19.6 Å². The van der Waals surface area contributed by atoms with Gasteiger partial charge in [0, 0.05) is 75.9 Å². The highest BCUT2D eigenvalue weighted by Gasteiger charge is 2.35. The minimum Gasteiger partial charge on any atom is -0.396 e. The average Bonchev–Trinajstić information content (AvgIpc) is 3.54. The number of carbonyl (C=O) groups is 1. The third-order valence-electron chi connectivity index (χ3n) is 6.48. The van der Waals surface area contributed by atoms with Gasteiger partial charge in [0.05, 0.1) is 0 Å². The number of piperazine rings is 1. The smallest absolute Gasteiger partial charge is 0.253 e. The first-order valence-electron chi connectivity index (χ1n) is 10.5. The monoisotopic (exact) mass is 372 g/mol. The molecule has 0 radical (unpaired) electrons. The molecule has 2 saturated heterocycles. The van der Waals surface area contributed by atoms with Gasteiger partial charge >= 0.3 is 0 Å². The van der Waals surface area contributed by atoms with E-state index in [9.17, 15) is 9.90 Å². The van der Waals surface area contributed by atoms with Gasteiger partial charge in [-0.15, -0.1) is 0 Å². The van der Waals surface area contributed by atoms with Crippen molar-refractivity contribution in [3.05, 3.63) is 30.1 Å². The minimum absolute atomic E-state index is 0.128. The molecule has 3 heterocycles. The first-order chi connectivity index (χ1) is 13.2. The molecule has 1 aromatic rings. The highest BCUT2D eigenvalue weighted by Crippen LogP contribution is 2.32. The van der Waals surface area contributed by atoms with Crippen molar-refractivity contribution in [2.45, 2.75) is 44.2 Å². The molecule has 1 saturated carbocycles. The van der Waals surface area contributed by atoms with E-state index in [2.05, 4.69) is 14.8 Å². The zero-order valence-corrected chi connectivity index (χ0v) is 16.2. The summed E-state index contributed by atoms with van der Waals surface area (Å²) < 4.78 is 0. The number of rotatable bonds is 6. The van der Waals surface area contributed by atoms with Gasteiger partial charge in [-0.1, -0.05) is 0 Å². The van der Waals surface area contributed by atoms with Gasteiger partial charge in [0.1, 0.15) is 0 Å². The molecule has 3 fully saturated rings. The summed E-state index contributed by atoms with van der Waals surface area (Å²) in [5.41, 5.74) is 0.736. The number of amides is 1. The third-order valence-corrected chi connectivity index (χ3v) is 6.48. The molecule has 1 aliphatic carbocycles. The molecular formula is C21H32N4O2. The quantitative estimate of drug-likeness (QED) is 0.819. The lowest BCUT2D eigenvalue weighted by molar-refractivity contribution is 0.0148. The van der Waals surface area contributed by atoms with Crippen LogP contribution in [0.5, 0.6) is 0 Å². The molecular weight excluding hydrogens is 340 g/mol. The molecule has 4 rings (SSSR count). The van der Waals surface area contributed by atoms with Gasteiger partial charge in [-0.25, -0.2) is 0 Å². The van der Waals surface area contributed by atoms with E-state index in [1.54, 1.807) is 24.5 Å². The number of hydrogen-bond acceptors (Lipinski definition) is 5. The van der Waals surface area contributed by atoms with Crippen molar-refractivity contribution < 1.29 is 9.90 Å². The molecule has 0 bridgehead atoms. The van der Waals surface area contributed by atoms with Gasteiger partial charge in [0.2, 0.25) is 0 Å². The Balaban J connectivity index is 1.29. The van der Waals surface area contributed by atoms with Gasteiger partial charge in [-0.05, 0) is 50.2 Å². The van der Waals surface area contributed by atoms with E-state index >= 15 is 0 Å². The zero-order chi connectivity index (χ0) is 18.6. The SMILES string of the molecule is O=C(c1ccncc1)N1CCC(N2CCN(CC3CC3)C(CCO)C2)CC1. The average molecular weight is 373 g/mol. The second kappa shape index (κ2) is 8.67. The van der Waals surface area contributed by atoms with Crippen LogP contribution in [0.1, 0.15) is 42.5 Å². The lowest BCUT2D eigenvalue weighted by Gasteiger charge is -2.46. The number of nitrogens with zero attached hydrogens (tertiary/aromatic N) is 4. The summed E-state index contributed by atoms with van der Waals surface area (Å²) in [4.78, 5) is 23.8. The fourth-order valence-corrected chi connectivity index (χ4v) is 4.66. The van der Waals surface area contributed by atoms with Crippen molar-refractivity contribution in [2.24, 2.45) is 5.92 Å². The Hall–Kier alpha value is -1.50. The van der Waals surface area contributed by atoms with E-state index in [1.807, 2.05) is 4.90 Å². The summed E-state index contributed by atoms with van der Waals surface area (Å²) in [6, 6.07) is 4.65. The van der Waals surface area contributed by atoms with Crippen LogP contribution in [0.4, 0.5) is 0 Å². The van der Waals surface area contributed by atoms with Crippen LogP contribution in [-0.4, -0.2) is 88.7 Å². The number of pyridine rings is 1. The summed E-state index contributed by atoms with van der Waals surface area (Å²) in [5, 5.41) is 9.49. The lowest BCUT2D eigenvalue weighted by atomic mass is 9.99. The molecule has 1 aromatic heterocycles. The molecule has 27 heavy (non-hydrogen) atoms. The Kier molecular flexibility index (Phi) is 6.05. The van der Waals surface area contributed by atoms with Crippen molar-refractivity contribution in [3.8, 4) is 0 Å². The zero-order valence-electron chi connectivity index (χ0n) is 16.2. The van der Waals surface area contributed by atoms with Crippen LogP contribution in [0.15, 0.2) is 24.5 Å². The largest absolute Gasteiger partial charge is 0.396 e. The first-order valence-corrected chi connectivity index (χ1v) is 10.5. The summed E-state index contributed by atoms with van der Waals surface area (Å²) >= 11 is 0. The summed E-state index contributed by atoms with van der Waals surface area (Å²) in [6.07, 6.45) is 9.11. The molecule has 1 unspecified atom stereocenters. The van der Waals surface area contributed by atoms with Crippen LogP contribution >= 0.6 is 0 Å². The second-order valence-corrected chi connectivity index (χ2v) is 8.36. The van der Waals surface area contributed by atoms with Crippen LogP contribution in [0, 0.1) is 5.92 Å².